The molecule has 0 fully saturated rings. The summed E-state index contributed by atoms with van der Waals surface area (Å²) in [4.78, 5) is 15.8. The van der Waals surface area contributed by atoms with Crippen LogP contribution in [0.2, 0.25) is 0 Å². The number of allylic oxidation sites excluding steroid dienone is 1. The lowest BCUT2D eigenvalue weighted by molar-refractivity contribution is 0.694. The standard InChI is InChI=1S/C24H28N4S/c1-2-3-12-19-17-10-7-11-18(17)20-21-22(29-24(20)28-19)23(27-15-26-21)25-14-13-16-8-5-4-6-9-16/h4-6,8-9,15,20,24H,2-3,7,10-14H2,1H3,(H,25,26,27)/t20-,24+/m1/s1. The molecule has 2 atom stereocenters. The molecule has 29 heavy (non-hydrogen) atoms. The Kier molecular flexibility index (Phi) is 5.40. The topological polar surface area (TPSA) is 50.2 Å². The van der Waals surface area contributed by atoms with Gasteiger partial charge in [0.05, 0.1) is 16.5 Å². The van der Waals surface area contributed by atoms with Gasteiger partial charge in [-0.25, -0.2) is 9.97 Å². The molecule has 0 saturated carbocycles. The molecule has 2 aliphatic heterocycles. The van der Waals surface area contributed by atoms with E-state index in [1.807, 2.05) is 11.8 Å². The number of rotatable bonds is 7. The summed E-state index contributed by atoms with van der Waals surface area (Å²) in [5.74, 6) is 1.34. The van der Waals surface area contributed by atoms with Crippen molar-refractivity contribution in [2.45, 2.75) is 68.1 Å². The van der Waals surface area contributed by atoms with Gasteiger partial charge in [-0.1, -0.05) is 61.0 Å². The molecule has 0 bridgehead atoms. The molecular formula is C24H28N4S. The molecule has 2 aromatic rings. The summed E-state index contributed by atoms with van der Waals surface area (Å²) >= 11 is 1.87. The summed E-state index contributed by atoms with van der Waals surface area (Å²) in [5.41, 5.74) is 7.11. The predicted molar refractivity (Wildman–Crippen MR) is 121 cm³/mol. The van der Waals surface area contributed by atoms with Crippen molar-refractivity contribution < 1.29 is 0 Å². The van der Waals surface area contributed by atoms with Gasteiger partial charge in [0.15, 0.2) is 0 Å². The Hall–Kier alpha value is -2.14. The minimum Gasteiger partial charge on any atom is -0.369 e. The summed E-state index contributed by atoms with van der Waals surface area (Å²) < 4.78 is 0. The van der Waals surface area contributed by atoms with E-state index in [4.69, 9.17) is 9.98 Å². The van der Waals surface area contributed by atoms with E-state index in [9.17, 15) is 0 Å². The van der Waals surface area contributed by atoms with Crippen LogP contribution in [0.15, 0.2) is 57.7 Å². The van der Waals surface area contributed by atoms with Crippen LogP contribution in [0, 0.1) is 0 Å². The Morgan fingerprint density at radius 1 is 1.10 bits per heavy atom. The molecule has 0 amide bonds. The van der Waals surface area contributed by atoms with Crippen molar-refractivity contribution in [1.82, 2.24) is 9.97 Å². The van der Waals surface area contributed by atoms with Crippen LogP contribution in [-0.4, -0.2) is 27.6 Å². The average molecular weight is 405 g/mol. The van der Waals surface area contributed by atoms with Crippen molar-refractivity contribution in [2.24, 2.45) is 4.99 Å². The molecular weight excluding hydrogens is 376 g/mol. The van der Waals surface area contributed by atoms with Gasteiger partial charge in [-0.3, -0.25) is 4.99 Å². The van der Waals surface area contributed by atoms with Crippen LogP contribution in [0.3, 0.4) is 0 Å². The molecule has 0 spiro atoms. The maximum Gasteiger partial charge on any atom is 0.143 e. The van der Waals surface area contributed by atoms with E-state index < -0.39 is 0 Å². The summed E-state index contributed by atoms with van der Waals surface area (Å²) in [5, 5.41) is 3.82. The van der Waals surface area contributed by atoms with Crippen molar-refractivity contribution in [3.8, 4) is 0 Å². The van der Waals surface area contributed by atoms with Crippen LogP contribution in [0.5, 0.6) is 0 Å². The lowest BCUT2D eigenvalue weighted by Gasteiger charge is -2.26. The Morgan fingerprint density at radius 3 is 2.86 bits per heavy atom. The molecule has 0 saturated heterocycles. The number of benzene rings is 1. The average Bonchev–Trinajstić information content (AvgIpc) is 3.37. The second kappa shape index (κ2) is 8.31. The highest BCUT2D eigenvalue weighted by atomic mass is 32.2. The van der Waals surface area contributed by atoms with Crippen LogP contribution in [0.25, 0.3) is 0 Å². The maximum absolute atomic E-state index is 5.23. The molecule has 5 rings (SSSR count). The van der Waals surface area contributed by atoms with Gasteiger partial charge in [-0.2, -0.15) is 0 Å². The summed E-state index contributed by atoms with van der Waals surface area (Å²) in [6.07, 6.45) is 10.00. The first-order chi connectivity index (χ1) is 14.3. The van der Waals surface area contributed by atoms with E-state index in [1.165, 1.54) is 54.0 Å². The van der Waals surface area contributed by atoms with Gasteiger partial charge in [-0.15, -0.1) is 0 Å². The highest BCUT2D eigenvalue weighted by Gasteiger charge is 2.43. The molecule has 3 aliphatic rings. The van der Waals surface area contributed by atoms with Crippen molar-refractivity contribution in [3.05, 3.63) is 59.1 Å². The zero-order valence-electron chi connectivity index (χ0n) is 17.0. The lowest BCUT2D eigenvalue weighted by atomic mass is 9.87. The second-order valence-corrected chi connectivity index (χ2v) is 9.25. The zero-order chi connectivity index (χ0) is 19.6. The Balaban J connectivity index is 1.38. The van der Waals surface area contributed by atoms with Gasteiger partial charge in [0.1, 0.15) is 17.5 Å². The van der Waals surface area contributed by atoms with Crippen LogP contribution in [0.1, 0.15) is 62.6 Å². The Morgan fingerprint density at radius 2 is 2.00 bits per heavy atom. The second-order valence-electron chi connectivity index (χ2n) is 8.12. The number of nitrogens with one attached hydrogen (secondary N) is 1. The van der Waals surface area contributed by atoms with Crippen molar-refractivity contribution >= 4 is 23.3 Å². The summed E-state index contributed by atoms with van der Waals surface area (Å²) in [7, 11) is 0. The molecule has 1 aliphatic carbocycles. The number of anilines is 1. The third-order valence-corrected chi connectivity index (χ3v) is 7.49. The maximum atomic E-state index is 5.23. The van der Waals surface area contributed by atoms with Crippen molar-refractivity contribution in [2.75, 3.05) is 11.9 Å². The number of fused-ring (bicyclic) bond motifs is 4. The van der Waals surface area contributed by atoms with E-state index in [2.05, 4.69) is 47.6 Å². The number of hydrogen-bond donors (Lipinski definition) is 1. The largest absolute Gasteiger partial charge is 0.369 e. The summed E-state index contributed by atoms with van der Waals surface area (Å²) in [6, 6.07) is 10.6. The Bertz CT molecular complexity index is 951. The number of unbranched alkanes of at least 4 members (excludes halogenated alkanes) is 1. The van der Waals surface area contributed by atoms with Gasteiger partial charge in [0, 0.05) is 12.3 Å². The van der Waals surface area contributed by atoms with Crippen LogP contribution < -0.4 is 5.32 Å². The smallest absolute Gasteiger partial charge is 0.143 e. The van der Waals surface area contributed by atoms with Crippen LogP contribution >= 0.6 is 11.8 Å². The minimum absolute atomic E-state index is 0.250. The minimum atomic E-state index is 0.250. The molecule has 4 nitrogen and oxygen atoms in total. The third kappa shape index (κ3) is 3.61. The van der Waals surface area contributed by atoms with Gasteiger partial charge in [-0.05, 0) is 49.7 Å². The molecule has 5 heteroatoms. The van der Waals surface area contributed by atoms with Gasteiger partial charge in [0.2, 0.25) is 0 Å². The predicted octanol–water partition coefficient (Wildman–Crippen LogP) is 5.77. The zero-order valence-corrected chi connectivity index (χ0v) is 17.8. The molecule has 150 valence electrons. The van der Waals surface area contributed by atoms with Crippen molar-refractivity contribution in [3.63, 3.8) is 0 Å². The number of aromatic nitrogens is 2. The molecule has 0 unspecified atom stereocenters. The highest BCUT2D eigenvalue weighted by molar-refractivity contribution is 8.00. The first kappa shape index (κ1) is 18.9. The number of hydrogen-bond acceptors (Lipinski definition) is 5. The van der Waals surface area contributed by atoms with Gasteiger partial charge < -0.3 is 5.32 Å². The molecule has 1 aromatic heterocycles. The van der Waals surface area contributed by atoms with E-state index in [-0.39, 0.29) is 5.37 Å². The highest BCUT2D eigenvalue weighted by Crippen LogP contribution is 2.55. The Labute approximate surface area is 177 Å². The quantitative estimate of drug-likeness (QED) is 0.636. The molecule has 1 N–H and O–H groups in total. The van der Waals surface area contributed by atoms with Crippen LogP contribution in [0.4, 0.5) is 5.82 Å². The molecule has 1 aromatic carbocycles. The molecule has 0 radical (unpaired) electrons. The molecule has 3 heterocycles. The van der Waals surface area contributed by atoms with E-state index in [0.29, 0.717) is 5.92 Å². The van der Waals surface area contributed by atoms with E-state index in [0.717, 1.165) is 25.2 Å². The monoisotopic (exact) mass is 404 g/mol. The first-order valence-electron chi connectivity index (χ1n) is 10.9. The van der Waals surface area contributed by atoms with Crippen LogP contribution in [-0.2, 0) is 6.42 Å². The van der Waals surface area contributed by atoms with E-state index >= 15 is 0 Å². The van der Waals surface area contributed by atoms with Gasteiger partial charge >= 0.3 is 0 Å². The van der Waals surface area contributed by atoms with Crippen molar-refractivity contribution in [1.29, 1.82) is 0 Å². The number of thioether (sulfide) groups is 1. The van der Waals surface area contributed by atoms with Gasteiger partial charge in [0.25, 0.3) is 0 Å². The third-order valence-electron chi connectivity index (χ3n) is 6.23. The number of nitrogens with zero attached hydrogens (tertiary/aromatic N) is 3. The summed E-state index contributed by atoms with van der Waals surface area (Å²) in [6.45, 7) is 3.14. The fourth-order valence-electron chi connectivity index (χ4n) is 4.81. The first-order valence-corrected chi connectivity index (χ1v) is 11.8. The normalized spacial score (nSPS) is 22.2. The fraction of sp³-hybridized carbons (Fsp3) is 0.458. The lowest BCUT2D eigenvalue weighted by Crippen LogP contribution is -2.21. The SMILES string of the molecule is CCCCC1=N[C@H]2Sc3c(NCCc4ccccc4)ncnc3[C@H]2C2=C1CCC2. The van der Waals surface area contributed by atoms with E-state index in [1.54, 1.807) is 17.5 Å². The number of dihydropyridines is 1. The number of aliphatic imine (C=N–C) groups is 1. The fourth-order valence-corrected chi connectivity index (χ4v) is 6.20.